The third-order valence-corrected chi connectivity index (χ3v) is 4.14. The average molecular weight is 317 g/mol. The summed E-state index contributed by atoms with van der Waals surface area (Å²) in [5, 5.41) is 0. The molecule has 0 bridgehead atoms. The van der Waals surface area contributed by atoms with Gasteiger partial charge in [0.25, 0.3) is 5.91 Å². The maximum Gasteiger partial charge on any atom is 0.328 e. The highest BCUT2D eigenvalue weighted by molar-refractivity contribution is 5.95. The fourth-order valence-electron chi connectivity index (χ4n) is 3.07. The Morgan fingerprint density at radius 1 is 1.17 bits per heavy atom. The summed E-state index contributed by atoms with van der Waals surface area (Å²) in [6.45, 7) is 0.740. The van der Waals surface area contributed by atoms with Crippen molar-refractivity contribution >= 4 is 11.9 Å². The summed E-state index contributed by atoms with van der Waals surface area (Å²) in [5.41, 5.74) is 0.990. The second-order valence-corrected chi connectivity index (χ2v) is 5.46. The Hall–Kier alpha value is -2.50. The van der Waals surface area contributed by atoms with Crippen LogP contribution in [-0.2, 0) is 23.8 Å². The number of likely N-dealkylation sites (tertiary alicyclic amines) is 1. The van der Waals surface area contributed by atoms with Crippen LogP contribution in [-0.4, -0.2) is 43.1 Å². The van der Waals surface area contributed by atoms with Crippen molar-refractivity contribution in [1.29, 1.82) is 0 Å². The summed E-state index contributed by atoms with van der Waals surface area (Å²) < 4.78 is 15.4. The smallest absolute Gasteiger partial charge is 0.328 e. The van der Waals surface area contributed by atoms with Gasteiger partial charge in [-0.1, -0.05) is 30.3 Å². The maximum absolute atomic E-state index is 12.9. The average Bonchev–Trinajstić information content (AvgIpc) is 3.07. The molecule has 0 spiro atoms. The van der Waals surface area contributed by atoms with E-state index in [-0.39, 0.29) is 17.7 Å². The highest BCUT2D eigenvalue weighted by Crippen LogP contribution is 2.37. The minimum Gasteiger partial charge on any atom is -0.494 e. The number of rotatable bonds is 3. The molecule has 1 saturated heterocycles. The Kier molecular flexibility index (Phi) is 4.50. The molecule has 2 heterocycles. The minimum atomic E-state index is -0.607. The number of hydrogen-bond donors (Lipinski definition) is 0. The van der Waals surface area contributed by atoms with Crippen molar-refractivity contribution in [2.75, 3.05) is 20.3 Å². The summed E-state index contributed by atoms with van der Waals surface area (Å²) in [6, 6.07) is 8.88. The first kappa shape index (κ1) is 15.4. The van der Waals surface area contributed by atoms with E-state index < -0.39 is 12.0 Å². The number of esters is 1. The molecule has 122 valence electrons. The second-order valence-electron chi connectivity index (χ2n) is 5.46. The predicted octanol–water partition coefficient (Wildman–Crippen LogP) is 1.78. The Labute approximate surface area is 134 Å². The van der Waals surface area contributed by atoms with Gasteiger partial charge in [-0.15, -0.1) is 0 Å². The Morgan fingerprint density at radius 2 is 1.96 bits per heavy atom. The number of hydrogen-bond acceptors (Lipinski definition) is 5. The summed E-state index contributed by atoms with van der Waals surface area (Å²) in [4.78, 5) is 26.5. The summed E-state index contributed by atoms with van der Waals surface area (Å²) >= 11 is 0. The van der Waals surface area contributed by atoms with Gasteiger partial charge in [0, 0.05) is 0 Å². The number of benzene rings is 1. The first-order valence-corrected chi connectivity index (χ1v) is 7.62. The van der Waals surface area contributed by atoms with Gasteiger partial charge in [0.2, 0.25) is 5.76 Å². The van der Waals surface area contributed by atoms with Crippen molar-refractivity contribution in [3.63, 3.8) is 0 Å². The fraction of sp³-hybridized carbons (Fsp3) is 0.412. The van der Waals surface area contributed by atoms with Gasteiger partial charge in [-0.2, -0.15) is 0 Å². The van der Waals surface area contributed by atoms with Gasteiger partial charge in [-0.25, -0.2) is 4.79 Å². The number of methoxy groups -OCH3 is 1. The van der Waals surface area contributed by atoms with E-state index in [0.717, 1.165) is 5.56 Å². The molecule has 2 atom stereocenters. The SMILES string of the molecule is COC(=O)[C@H]1CC[C@@H](c2ccccc2)N1C(=O)C1=COCCO1. The topological polar surface area (TPSA) is 65.1 Å². The van der Waals surface area contributed by atoms with Crippen LogP contribution in [0.1, 0.15) is 24.4 Å². The molecule has 1 amide bonds. The van der Waals surface area contributed by atoms with Crippen molar-refractivity contribution in [2.45, 2.75) is 24.9 Å². The number of amides is 1. The molecule has 6 heteroatoms. The normalized spacial score (nSPS) is 23.5. The van der Waals surface area contributed by atoms with Gasteiger partial charge < -0.3 is 19.1 Å². The van der Waals surface area contributed by atoms with Crippen molar-refractivity contribution in [1.82, 2.24) is 4.90 Å². The van der Waals surface area contributed by atoms with E-state index >= 15 is 0 Å². The number of carbonyl (C=O) groups excluding carboxylic acids is 2. The third kappa shape index (κ3) is 3.02. The van der Waals surface area contributed by atoms with Crippen molar-refractivity contribution in [3.8, 4) is 0 Å². The molecule has 3 rings (SSSR count). The molecule has 0 radical (unpaired) electrons. The lowest BCUT2D eigenvalue weighted by molar-refractivity contribution is -0.152. The molecule has 0 unspecified atom stereocenters. The lowest BCUT2D eigenvalue weighted by Gasteiger charge is -2.30. The van der Waals surface area contributed by atoms with Gasteiger partial charge in [0.15, 0.2) is 0 Å². The summed E-state index contributed by atoms with van der Waals surface area (Å²) in [5.74, 6) is -0.617. The predicted molar refractivity (Wildman–Crippen MR) is 81.1 cm³/mol. The number of carbonyl (C=O) groups is 2. The highest BCUT2D eigenvalue weighted by Gasteiger charge is 2.43. The van der Waals surface area contributed by atoms with Gasteiger partial charge in [0.05, 0.1) is 13.2 Å². The zero-order valence-corrected chi connectivity index (χ0v) is 12.9. The van der Waals surface area contributed by atoms with E-state index in [1.54, 1.807) is 4.90 Å². The first-order valence-electron chi connectivity index (χ1n) is 7.62. The van der Waals surface area contributed by atoms with Crippen LogP contribution in [0.5, 0.6) is 0 Å². The molecule has 6 nitrogen and oxygen atoms in total. The zero-order valence-electron chi connectivity index (χ0n) is 12.9. The molecule has 0 saturated carbocycles. The standard InChI is InChI=1S/C17H19NO5/c1-21-17(20)14-8-7-13(12-5-3-2-4-6-12)18(14)16(19)15-11-22-9-10-23-15/h2-6,11,13-14H,7-10H2,1H3/t13-,14+/m0/s1. The van der Waals surface area contributed by atoms with Crippen molar-refractivity contribution < 1.29 is 23.8 Å². The van der Waals surface area contributed by atoms with Crippen LogP contribution >= 0.6 is 0 Å². The Bertz CT molecular complexity index is 613. The lowest BCUT2D eigenvalue weighted by Crippen LogP contribution is -2.43. The molecule has 2 aliphatic heterocycles. The van der Waals surface area contributed by atoms with E-state index in [1.807, 2.05) is 30.3 Å². The summed E-state index contributed by atoms with van der Waals surface area (Å²) in [6.07, 6.45) is 2.58. The van der Waals surface area contributed by atoms with Gasteiger partial charge in [-0.3, -0.25) is 4.79 Å². The molecule has 2 aliphatic rings. The Morgan fingerprint density at radius 3 is 2.61 bits per heavy atom. The second kappa shape index (κ2) is 6.73. The molecule has 0 aliphatic carbocycles. The molecular weight excluding hydrogens is 298 g/mol. The van der Waals surface area contributed by atoms with E-state index in [4.69, 9.17) is 14.2 Å². The van der Waals surface area contributed by atoms with Crippen molar-refractivity contribution in [2.24, 2.45) is 0 Å². The van der Waals surface area contributed by atoms with E-state index in [2.05, 4.69) is 0 Å². The van der Waals surface area contributed by atoms with E-state index in [1.165, 1.54) is 13.4 Å². The first-order chi connectivity index (χ1) is 11.2. The van der Waals surface area contributed by atoms with Crippen LogP contribution in [0.15, 0.2) is 42.4 Å². The molecule has 23 heavy (non-hydrogen) atoms. The van der Waals surface area contributed by atoms with Crippen LogP contribution in [0, 0.1) is 0 Å². The van der Waals surface area contributed by atoms with E-state index in [9.17, 15) is 9.59 Å². The monoisotopic (exact) mass is 317 g/mol. The number of nitrogens with zero attached hydrogens (tertiary/aromatic N) is 1. The van der Waals surface area contributed by atoms with Gasteiger partial charge >= 0.3 is 5.97 Å². The Balaban J connectivity index is 1.92. The lowest BCUT2D eigenvalue weighted by atomic mass is 10.0. The third-order valence-electron chi connectivity index (χ3n) is 4.14. The molecule has 1 aromatic carbocycles. The number of ether oxygens (including phenoxy) is 3. The molecule has 0 aromatic heterocycles. The largest absolute Gasteiger partial charge is 0.494 e. The maximum atomic E-state index is 12.9. The quantitative estimate of drug-likeness (QED) is 0.795. The highest BCUT2D eigenvalue weighted by atomic mass is 16.6. The van der Waals surface area contributed by atoms with Crippen molar-refractivity contribution in [3.05, 3.63) is 47.9 Å². The summed E-state index contributed by atoms with van der Waals surface area (Å²) in [7, 11) is 1.33. The van der Waals surface area contributed by atoms with Crippen LogP contribution in [0.2, 0.25) is 0 Å². The van der Waals surface area contributed by atoms with Crippen LogP contribution in [0.4, 0.5) is 0 Å². The van der Waals surface area contributed by atoms with Gasteiger partial charge in [-0.05, 0) is 18.4 Å². The minimum absolute atomic E-state index is 0.132. The van der Waals surface area contributed by atoms with Crippen LogP contribution in [0.3, 0.4) is 0 Å². The molecule has 0 N–H and O–H groups in total. The van der Waals surface area contributed by atoms with Crippen LogP contribution < -0.4 is 0 Å². The van der Waals surface area contributed by atoms with E-state index in [0.29, 0.717) is 26.1 Å². The molecule has 1 fully saturated rings. The fourth-order valence-corrected chi connectivity index (χ4v) is 3.07. The van der Waals surface area contributed by atoms with Gasteiger partial charge in [0.1, 0.15) is 25.5 Å². The molecule has 1 aromatic rings. The zero-order chi connectivity index (χ0) is 16.2. The van der Waals surface area contributed by atoms with Crippen LogP contribution in [0.25, 0.3) is 0 Å². The molecular formula is C17H19NO5.